The van der Waals surface area contributed by atoms with Gasteiger partial charge in [0.2, 0.25) is 0 Å². The first-order chi connectivity index (χ1) is 51.9. The smallest absolute Gasteiger partial charge is 0.411 e. The zero-order valence-corrected chi connectivity index (χ0v) is 65.7. The van der Waals surface area contributed by atoms with Crippen molar-refractivity contribution in [3.63, 3.8) is 0 Å². The number of nitrogens with zero attached hydrogens (tertiary/aromatic N) is 2. The van der Waals surface area contributed by atoms with Crippen LogP contribution in [-0.4, -0.2) is 236 Å². The Balaban J connectivity index is 0.000000309. The van der Waals surface area contributed by atoms with E-state index >= 15 is 0 Å². The van der Waals surface area contributed by atoms with E-state index in [0.29, 0.717) is 44.6 Å². The van der Waals surface area contributed by atoms with Gasteiger partial charge in [-0.15, -0.1) is 0 Å². The molecule has 4 aliphatic rings. The van der Waals surface area contributed by atoms with E-state index < -0.39 is 59.2 Å². The number of hydroxylamine groups is 5. The first-order valence-corrected chi connectivity index (χ1v) is 37.0. The molecule has 7 rings (SSSR count). The van der Waals surface area contributed by atoms with E-state index in [9.17, 15) is 43.2 Å². The van der Waals surface area contributed by atoms with Gasteiger partial charge in [0.1, 0.15) is 36.1 Å². The van der Waals surface area contributed by atoms with Gasteiger partial charge in [-0.1, -0.05) is 91.0 Å². The average Bonchev–Trinajstić information content (AvgIpc) is 0.823. The molecule has 14 N–H and O–H groups in total. The molecule has 3 aromatic rings. The Morgan fingerprint density at radius 2 is 0.743 bits per heavy atom. The van der Waals surface area contributed by atoms with Crippen LogP contribution >= 0.6 is 0 Å². The fourth-order valence-electron chi connectivity index (χ4n) is 10.8. The minimum absolute atomic E-state index is 0.0461. The van der Waals surface area contributed by atoms with Crippen molar-refractivity contribution >= 4 is 54.1 Å². The molecule has 8 atom stereocenters. The summed E-state index contributed by atoms with van der Waals surface area (Å²) in [6.45, 7) is 20.9. The molecule has 4 fully saturated rings. The Morgan fingerprint density at radius 1 is 0.394 bits per heavy atom. The van der Waals surface area contributed by atoms with Crippen LogP contribution in [0.15, 0.2) is 91.0 Å². The Bertz CT molecular complexity index is 3120. The van der Waals surface area contributed by atoms with E-state index in [1.54, 1.807) is 62.3 Å². The van der Waals surface area contributed by atoms with E-state index in [-0.39, 0.29) is 114 Å². The number of hydrogen-bond donors (Lipinski definition) is 14. The topological polar surface area (TPSA) is 421 Å². The lowest BCUT2D eigenvalue weighted by Crippen LogP contribution is -2.58. The number of piperidine rings is 4. The predicted octanol–water partition coefficient (Wildman–Crippen LogP) is 3.89. The van der Waals surface area contributed by atoms with E-state index in [1.807, 2.05) is 124 Å². The van der Waals surface area contributed by atoms with Crippen LogP contribution in [0.5, 0.6) is 0 Å². The maximum Gasteiger partial charge on any atom is 0.411 e. The second-order valence-corrected chi connectivity index (χ2v) is 29.0. The maximum absolute atomic E-state index is 12.6. The Labute approximate surface area is 641 Å². The number of amides is 9. The van der Waals surface area contributed by atoms with E-state index in [1.165, 1.54) is 4.90 Å². The highest BCUT2D eigenvalue weighted by atomic mass is 16.7. The van der Waals surface area contributed by atoms with Gasteiger partial charge in [0, 0.05) is 76.5 Å². The lowest BCUT2D eigenvalue weighted by molar-refractivity contribution is -0.140. The molecular weight excluding hydrogens is 1420 g/mol. The van der Waals surface area contributed by atoms with Gasteiger partial charge in [0.05, 0.1) is 51.2 Å². The monoisotopic (exact) mass is 1540 g/mol. The highest BCUT2D eigenvalue weighted by Crippen LogP contribution is 2.22. The van der Waals surface area contributed by atoms with Crippen LogP contribution in [0, 0.1) is 0 Å². The minimum Gasteiger partial charge on any atom is -0.445 e. The van der Waals surface area contributed by atoms with Crippen molar-refractivity contribution in [2.75, 3.05) is 107 Å². The molecule has 0 aliphatic carbocycles. The van der Waals surface area contributed by atoms with Crippen LogP contribution in [-0.2, 0) is 86.9 Å². The van der Waals surface area contributed by atoms with Gasteiger partial charge in [-0.05, 0) is 159 Å². The summed E-state index contributed by atoms with van der Waals surface area (Å²) in [5, 5.41) is 26.1. The quantitative estimate of drug-likeness (QED) is 0.0247. The van der Waals surface area contributed by atoms with Gasteiger partial charge in [0.25, 0.3) is 23.6 Å². The standard InChI is InChI=1S/C22H34N4O6.C20H32N4O5.C17H26N4O4.C15H30N4O4/c1-22(2,3)32-21(29)26-14-17(23-4)10-11-18(26)19(27)25-31-13-12-24-20(28)30-15-16-8-6-5-7-9-16;1-20(2,3)29-19(26)21-11-12-27-24-18(25)17-10-9-16(13-22-17)23-28-14-15-7-5-4-6-8-15;1-18-14-7-8-15(20-11-14)16(22)21-25-10-9-19-17(23)24-12-13-5-3-2-4-6-13;1-15(2,3)23-14(21)17-8-9-22-18-13(20)12-7-6-11(16-4)10-19(12)5/h5-9,17-18,23H,10-15H2,1-4H3,(H,24,28)(H,25,27);4-8,16-17,22-23H,9-14H2,1-3H3,(H,21,26)(H,24,25);2-6,14-15,18,20H,7-12H2,1H3,(H,19,23)(H,21,22);11-12,16H,6-10H2,1-5H3,(H,17,21)(H,18,20)/t17-,18+;16-,17+;14-,15+;11-,12+/m1111/s1. The summed E-state index contributed by atoms with van der Waals surface area (Å²) in [5.74, 6) is -1.01. The number of rotatable bonds is 31. The molecule has 0 spiro atoms. The van der Waals surface area contributed by atoms with Crippen LogP contribution in [0.2, 0.25) is 0 Å². The summed E-state index contributed by atoms with van der Waals surface area (Å²) in [7, 11) is 7.59. The Kier molecular flexibility index (Phi) is 43.4. The van der Waals surface area contributed by atoms with Gasteiger partial charge in [-0.3, -0.25) is 53.2 Å². The van der Waals surface area contributed by atoms with E-state index in [2.05, 4.69) is 75.3 Å². The summed E-state index contributed by atoms with van der Waals surface area (Å²) in [4.78, 5) is 137. The summed E-state index contributed by atoms with van der Waals surface area (Å²) in [5.41, 5.74) is 13.8. The molecule has 4 aliphatic heterocycles. The minimum atomic E-state index is -0.696. The fraction of sp³-hybridized carbons (Fsp3) is 0.635. The van der Waals surface area contributed by atoms with Crippen LogP contribution in [0.1, 0.15) is 130 Å². The third kappa shape index (κ3) is 41.7. The van der Waals surface area contributed by atoms with Gasteiger partial charge < -0.3 is 71.5 Å². The number of benzene rings is 3. The third-order valence-corrected chi connectivity index (χ3v) is 16.5. The molecule has 0 radical (unpaired) electrons. The van der Waals surface area contributed by atoms with E-state index in [0.717, 1.165) is 68.3 Å². The number of likely N-dealkylation sites (tertiary alicyclic amines) is 2. The highest BCUT2D eigenvalue weighted by Gasteiger charge is 2.38. The van der Waals surface area contributed by atoms with Crippen molar-refractivity contribution < 1.29 is 91.0 Å². The average molecular weight is 1540 g/mol. The lowest BCUT2D eigenvalue weighted by Gasteiger charge is -2.39. The number of alkyl carbamates (subject to hydrolysis) is 4. The molecule has 4 heterocycles. The van der Waals surface area contributed by atoms with Gasteiger partial charge in [-0.2, -0.15) is 5.48 Å². The van der Waals surface area contributed by atoms with Crippen molar-refractivity contribution in [1.29, 1.82) is 0 Å². The molecule has 3 aromatic carbocycles. The van der Waals surface area contributed by atoms with Crippen molar-refractivity contribution in [1.82, 2.24) is 85.1 Å². The van der Waals surface area contributed by atoms with Crippen LogP contribution < -0.4 is 75.3 Å². The summed E-state index contributed by atoms with van der Waals surface area (Å²) in [6.07, 6.45) is 3.46. The largest absolute Gasteiger partial charge is 0.445 e. The lowest BCUT2D eigenvalue weighted by atomic mass is 9.98. The molecule has 0 bridgehead atoms. The summed E-state index contributed by atoms with van der Waals surface area (Å²) >= 11 is 0. The van der Waals surface area contributed by atoms with Crippen LogP contribution in [0.4, 0.5) is 24.0 Å². The highest BCUT2D eigenvalue weighted by molar-refractivity contribution is 5.85. The molecule has 0 aromatic heterocycles. The van der Waals surface area contributed by atoms with Crippen LogP contribution in [0.3, 0.4) is 0 Å². The van der Waals surface area contributed by atoms with E-state index in [4.69, 9.17) is 47.9 Å². The molecule has 109 heavy (non-hydrogen) atoms. The van der Waals surface area contributed by atoms with Gasteiger partial charge in [0.15, 0.2) is 0 Å². The van der Waals surface area contributed by atoms with Crippen molar-refractivity contribution in [2.24, 2.45) is 0 Å². The van der Waals surface area contributed by atoms with Crippen molar-refractivity contribution in [2.45, 2.75) is 199 Å². The normalized spacial score (nSPS) is 19.9. The fourth-order valence-corrected chi connectivity index (χ4v) is 10.8. The van der Waals surface area contributed by atoms with Crippen molar-refractivity contribution in [3.05, 3.63) is 108 Å². The Morgan fingerprint density at radius 3 is 1.12 bits per heavy atom. The molecular formula is C74H122N16O19. The van der Waals surface area contributed by atoms with Crippen molar-refractivity contribution in [3.8, 4) is 0 Å². The maximum atomic E-state index is 12.6. The molecule has 0 unspecified atom stereocenters. The number of nitrogens with one attached hydrogen (secondary N) is 14. The first-order valence-electron chi connectivity index (χ1n) is 37.0. The Hall–Kier alpha value is -8.59. The summed E-state index contributed by atoms with van der Waals surface area (Å²) in [6, 6.07) is 28.3. The van der Waals surface area contributed by atoms with Gasteiger partial charge >= 0.3 is 30.5 Å². The molecule has 35 heteroatoms. The number of carbonyl (C=O) groups is 9. The molecule has 612 valence electrons. The second-order valence-electron chi connectivity index (χ2n) is 29.0. The number of carbonyl (C=O) groups excluding carboxylic acids is 9. The van der Waals surface area contributed by atoms with Gasteiger partial charge in [-0.25, -0.2) is 45.9 Å². The zero-order valence-electron chi connectivity index (χ0n) is 65.7. The number of likely N-dealkylation sites (N-methyl/N-ethyl adjacent to an activating group) is 4. The number of ether oxygens (including phenoxy) is 5. The number of hydrogen-bond acceptors (Lipinski definition) is 26. The SMILES string of the molecule is CC(C)(C)OC(=O)NCCONC(=O)[C@@H]1CC[C@@H](NOCc2ccccc2)CN1.CN[C@@H]1CC[C@@H](C(=O)NOCCNC(=O)OC(C)(C)C)N(C)C1.CN[C@@H]1CC[C@@H](C(=O)NOCCNC(=O)OCc2ccccc2)N(C(=O)OC(C)(C)C)C1.CN[C@@H]1CC[C@@H](C(=O)NOCCNC(=O)OCc2ccccc2)NC1. The zero-order chi connectivity index (χ0) is 80.0. The third-order valence-electron chi connectivity index (χ3n) is 16.5. The molecule has 4 saturated heterocycles. The molecule has 9 amide bonds. The first kappa shape index (κ1) is 92.8. The molecule has 0 saturated carbocycles. The van der Waals surface area contributed by atoms with Crippen LogP contribution in [0.25, 0.3) is 0 Å². The summed E-state index contributed by atoms with van der Waals surface area (Å²) < 4.78 is 25.8. The second kappa shape index (κ2) is 51.0. The predicted molar refractivity (Wildman–Crippen MR) is 404 cm³/mol. The molecule has 35 nitrogen and oxygen atoms in total.